The van der Waals surface area contributed by atoms with Crippen LogP contribution >= 0.6 is 0 Å². The van der Waals surface area contributed by atoms with Gasteiger partial charge in [0.2, 0.25) is 0 Å². The van der Waals surface area contributed by atoms with Crippen LogP contribution in [0.5, 0.6) is 0 Å². The minimum Gasteiger partial charge on any atom is -0.478 e. The van der Waals surface area contributed by atoms with Gasteiger partial charge >= 0.3 is 11.9 Å². The van der Waals surface area contributed by atoms with Gasteiger partial charge in [-0.3, -0.25) is 4.99 Å². The third-order valence-corrected chi connectivity index (χ3v) is 3.99. The highest BCUT2D eigenvalue weighted by atomic mass is 16.5. The molecule has 136 valence electrons. The number of hydrogen-bond donors (Lipinski definition) is 1. The molecular weight excluding hydrogens is 346 g/mol. The van der Waals surface area contributed by atoms with Gasteiger partial charge in [0, 0.05) is 5.56 Å². The second kappa shape index (κ2) is 7.70. The molecule has 0 fully saturated rings. The highest BCUT2D eigenvalue weighted by Crippen LogP contribution is 2.26. The number of methoxy groups -OCH3 is 1. The Morgan fingerprint density at radius 3 is 2.37 bits per heavy atom. The highest BCUT2D eigenvalue weighted by Gasteiger charge is 2.10. The molecule has 0 bridgehead atoms. The number of furan rings is 1. The fraction of sp³-hybridized carbons (Fsp3) is 0.0952. The Morgan fingerprint density at radius 1 is 1.04 bits per heavy atom. The van der Waals surface area contributed by atoms with Crippen molar-refractivity contribution < 1.29 is 23.8 Å². The summed E-state index contributed by atoms with van der Waals surface area (Å²) in [6, 6.07) is 15.2. The summed E-state index contributed by atoms with van der Waals surface area (Å²) in [7, 11) is 1.33. The fourth-order valence-corrected chi connectivity index (χ4v) is 2.58. The number of hydrogen-bond acceptors (Lipinski definition) is 5. The van der Waals surface area contributed by atoms with Crippen molar-refractivity contribution in [3.05, 3.63) is 77.0 Å². The van der Waals surface area contributed by atoms with E-state index in [1.165, 1.54) is 7.11 Å². The number of carbonyl (C=O) groups is 2. The monoisotopic (exact) mass is 363 g/mol. The largest absolute Gasteiger partial charge is 0.478 e. The van der Waals surface area contributed by atoms with Crippen LogP contribution < -0.4 is 0 Å². The van der Waals surface area contributed by atoms with Gasteiger partial charge in [-0.05, 0) is 61.0 Å². The van der Waals surface area contributed by atoms with Gasteiger partial charge < -0.3 is 14.3 Å². The fourth-order valence-electron chi connectivity index (χ4n) is 2.58. The van der Waals surface area contributed by atoms with Crippen molar-refractivity contribution in [2.24, 2.45) is 4.99 Å². The molecule has 0 aliphatic carbocycles. The van der Waals surface area contributed by atoms with E-state index in [1.54, 1.807) is 54.7 Å². The molecule has 1 aromatic heterocycles. The SMILES string of the molecule is COC(=O)c1ccc(N=Cc2ccc(-c3ccc(C(=O)O)cc3C)o2)cc1. The summed E-state index contributed by atoms with van der Waals surface area (Å²) < 4.78 is 10.4. The Hall–Kier alpha value is -3.67. The molecule has 3 rings (SSSR count). The number of ether oxygens (including phenoxy) is 1. The van der Waals surface area contributed by atoms with Crippen molar-refractivity contribution in [1.82, 2.24) is 0 Å². The molecule has 0 atom stereocenters. The Morgan fingerprint density at radius 2 is 1.74 bits per heavy atom. The zero-order valence-corrected chi connectivity index (χ0v) is 14.8. The Kier molecular flexibility index (Phi) is 5.17. The Bertz CT molecular complexity index is 1020. The molecule has 0 radical (unpaired) electrons. The number of carbonyl (C=O) groups excluding carboxylic acids is 1. The average Bonchev–Trinajstić information content (AvgIpc) is 3.14. The maximum Gasteiger partial charge on any atom is 0.337 e. The highest BCUT2D eigenvalue weighted by molar-refractivity contribution is 5.90. The van der Waals surface area contributed by atoms with Gasteiger partial charge in [0.15, 0.2) is 0 Å². The van der Waals surface area contributed by atoms with Gasteiger partial charge in [-0.15, -0.1) is 0 Å². The summed E-state index contributed by atoms with van der Waals surface area (Å²) in [5, 5.41) is 9.05. The van der Waals surface area contributed by atoms with Crippen LogP contribution in [-0.4, -0.2) is 30.4 Å². The average molecular weight is 363 g/mol. The number of benzene rings is 2. The van der Waals surface area contributed by atoms with Gasteiger partial charge in [0.25, 0.3) is 0 Å². The number of esters is 1. The molecule has 0 saturated carbocycles. The number of rotatable bonds is 5. The van der Waals surface area contributed by atoms with Crippen LogP contribution in [0.15, 0.2) is 64.0 Å². The van der Waals surface area contributed by atoms with E-state index in [9.17, 15) is 9.59 Å². The van der Waals surface area contributed by atoms with Crippen LogP contribution in [0, 0.1) is 6.92 Å². The summed E-state index contributed by atoms with van der Waals surface area (Å²) in [6.07, 6.45) is 1.58. The second-order valence-corrected chi connectivity index (χ2v) is 5.83. The first-order valence-corrected chi connectivity index (χ1v) is 8.14. The molecule has 0 aliphatic heterocycles. The minimum atomic E-state index is -0.963. The first-order chi connectivity index (χ1) is 13.0. The molecular formula is C21H17NO5. The molecule has 6 nitrogen and oxygen atoms in total. The van der Waals surface area contributed by atoms with E-state index in [2.05, 4.69) is 9.73 Å². The predicted octanol–water partition coefficient (Wildman–Crippen LogP) is 4.49. The first kappa shape index (κ1) is 18.1. The summed E-state index contributed by atoms with van der Waals surface area (Å²) >= 11 is 0. The molecule has 3 aromatic rings. The van der Waals surface area contributed by atoms with Gasteiger partial charge in [-0.25, -0.2) is 9.59 Å². The van der Waals surface area contributed by atoms with Crippen LogP contribution in [0.3, 0.4) is 0 Å². The summed E-state index contributed by atoms with van der Waals surface area (Å²) in [4.78, 5) is 26.8. The lowest BCUT2D eigenvalue weighted by molar-refractivity contribution is 0.0600. The first-order valence-electron chi connectivity index (χ1n) is 8.14. The smallest absolute Gasteiger partial charge is 0.337 e. The van der Waals surface area contributed by atoms with Crippen molar-refractivity contribution in [2.45, 2.75) is 6.92 Å². The van der Waals surface area contributed by atoms with E-state index in [1.807, 2.05) is 13.0 Å². The zero-order chi connectivity index (χ0) is 19.4. The molecule has 1 heterocycles. The number of carboxylic acid groups (broad SMARTS) is 1. The number of aryl methyl sites for hydroxylation is 1. The topological polar surface area (TPSA) is 89.1 Å². The number of nitrogens with zero attached hydrogens (tertiary/aromatic N) is 1. The molecule has 27 heavy (non-hydrogen) atoms. The lowest BCUT2D eigenvalue weighted by Gasteiger charge is -2.03. The van der Waals surface area contributed by atoms with Crippen LogP contribution in [0.2, 0.25) is 0 Å². The maximum absolute atomic E-state index is 11.4. The number of aliphatic imine (C=N–C) groups is 1. The predicted molar refractivity (Wildman–Crippen MR) is 101 cm³/mol. The third-order valence-electron chi connectivity index (χ3n) is 3.99. The maximum atomic E-state index is 11.4. The second-order valence-electron chi connectivity index (χ2n) is 5.83. The van der Waals surface area contributed by atoms with Gasteiger partial charge in [-0.1, -0.05) is 6.07 Å². The van der Waals surface area contributed by atoms with E-state index >= 15 is 0 Å². The lowest BCUT2D eigenvalue weighted by Crippen LogP contribution is -1.99. The van der Waals surface area contributed by atoms with E-state index in [0.29, 0.717) is 22.8 Å². The van der Waals surface area contributed by atoms with Gasteiger partial charge in [0.1, 0.15) is 11.5 Å². The van der Waals surface area contributed by atoms with E-state index in [4.69, 9.17) is 9.52 Å². The quantitative estimate of drug-likeness (QED) is 0.533. The zero-order valence-electron chi connectivity index (χ0n) is 14.8. The van der Waals surface area contributed by atoms with Crippen molar-refractivity contribution in [1.29, 1.82) is 0 Å². The Labute approximate surface area is 155 Å². The Balaban J connectivity index is 1.77. The minimum absolute atomic E-state index is 0.236. The van der Waals surface area contributed by atoms with Gasteiger partial charge in [-0.2, -0.15) is 0 Å². The van der Waals surface area contributed by atoms with Crippen molar-refractivity contribution in [3.8, 4) is 11.3 Å². The van der Waals surface area contributed by atoms with Crippen molar-refractivity contribution in [3.63, 3.8) is 0 Å². The normalized spacial score (nSPS) is 10.9. The number of carboxylic acids is 1. The van der Waals surface area contributed by atoms with Crippen LogP contribution in [0.4, 0.5) is 5.69 Å². The van der Waals surface area contributed by atoms with E-state index < -0.39 is 11.9 Å². The molecule has 0 unspecified atom stereocenters. The van der Waals surface area contributed by atoms with E-state index in [-0.39, 0.29) is 5.56 Å². The lowest BCUT2D eigenvalue weighted by atomic mass is 10.0. The van der Waals surface area contributed by atoms with Crippen molar-refractivity contribution >= 4 is 23.8 Å². The molecule has 0 aliphatic rings. The molecule has 0 spiro atoms. The molecule has 2 aromatic carbocycles. The molecule has 0 saturated heterocycles. The molecule has 1 N–H and O–H groups in total. The third kappa shape index (κ3) is 4.12. The van der Waals surface area contributed by atoms with Crippen LogP contribution in [-0.2, 0) is 4.74 Å². The van der Waals surface area contributed by atoms with Gasteiger partial charge in [0.05, 0.1) is 30.1 Å². The van der Waals surface area contributed by atoms with Crippen molar-refractivity contribution in [2.75, 3.05) is 7.11 Å². The summed E-state index contributed by atoms with van der Waals surface area (Å²) in [5.74, 6) is -0.170. The van der Waals surface area contributed by atoms with Crippen LogP contribution in [0.1, 0.15) is 32.0 Å². The molecule has 0 amide bonds. The number of aromatic carboxylic acids is 1. The van der Waals surface area contributed by atoms with Crippen LogP contribution in [0.25, 0.3) is 11.3 Å². The molecule has 6 heteroatoms. The summed E-state index contributed by atoms with van der Waals surface area (Å²) in [6.45, 7) is 1.83. The van der Waals surface area contributed by atoms with E-state index in [0.717, 1.165) is 11.1 Å². The standard InChI is InChI=1S/C21H17NO5/c1-13-11-15(20(23)24)5-9-18(13)19-10-8-17(27-19)12-22-16-6-3-14(4-7-16)21(25)26-2/h3-12H,1-2H3,(H,23,24). The summed E-state index contributed by atoms with van der Waals surface area (Å²) in [5.41, 5.74) is 2.99.